The number of ether oxygens (including phenoxy) is 1. The predicted octanol–water partition coefficient (Wildman–Crippen LogP) is 0.806. The van der Waals surface area contributed by atoms with Crippen LogP contribution in [0.5, 0.6) is 5.75 Å². The van der Waals surface area contributed by atoms with Crippen LogP contribution in [0, 0.1) is 0 Å². The van der Waals surface area contributed by atoms with E-state index in [0.717, 1.165) is 18.7 Å². The monoisotopic (exact) mass is 260 g/mol. The lowest BCUT2D eigenvalue weighted by Crippen LogP contribution is -2.20. The SMILES string of the molecule is O=C(O)COc1ccc2c(=O)n3c(nc2c1)CCC3. The van der Waals surface area contributed by atoms with Gasteiger partial charge >= 0.3 is 5.97 Å². The summed E-state index contributed by atoms with van der Waals surface area (Å²) in [5.41, 5.74) is 0.517. The Balaban J connectivity index is 2.06. The summed E-state index contributed by atoms with van der Waals surface area (Å²) in [6, 6.07) is 4.84. The molecule has 19 heavy (non-hydrogen) atoms. The first-order chi connectivity index (χ1) is 9.15. The second-order valence-corrected chi connectivity index (χ2v) is 4.45. The number of carboxylic acids is 1. The van der Waals surface area contributed by atoms with E-state index in [2.05, 4.69) is 4.98 Å². The highest BCUT2D eigenvalue weighted by Gasteiger charge is 2.16. The standard InChI is InChI=1S/C13H12N2O4/c16-12(17)7-19-8-3-4-9-10(6-8)14-11-2-1-5-15(11)13(9)18/h3-4,6H,1-2,5,7H2,(H,16,17). The number of benzene rings is 1. The summed E-state index contributed by atoms with van der Waals surface area (Å²) in [5.74, 6) is 0.153. The Labute approximate surface area is 108 Å². The highest BCUT2D eigenvalue weighted by atomic mass is 16.5. The summed E-state index contributed by atoms with van der Waals surface area (Å²) in [5, 5.41) is 9.10. The first kappa shape index (κ1) is 11.7. The van der Waals surface area contributed by atoms with E-state index in [-0.39, 0.29) is 5.56 Å². The topological polar surface area (TPSA) is 81.4 Å². The Hall–Kier alpha value is -2.37. The third kappa shape index (κ3) is 2.05. The number of aromatic nitrogens is 2. The van der Waals surface area contributed by atoms with Crippen LogP contribution in [0.4, 0.5) is 0 Å². The molecule has 0 bridgehead atoms. The summed E-state index contributed by atoms with van der Waals surface area (Å²) in [7, 11) is 0. The Morgan fingerprint density at radius 1 is 1.47 bits per heavy atom. The molecule has 6 heteroatoms. The Morgan fingerprint density at radius 3 is 3.11 bits per heavy atom. The van der Waals surface area contributed by atoms with Gasteiger partial charge in [0.15, 0.2) is 6.61 Å². The van der Waals surface area contributed by atoms with Crippen molar-refractivity contribution < 1.29 is 14.6 Å². The van der Waals surface area contributed by atoms with Crippen molar-refractivity contribution >= 4 is 16.9 Å². The number of aliphatic carboxylic acids is 1. The molecule has 0 unspecified atom stereocenters. The number of carboxylic acid groups (broad SMARTS) is 1. The molecule has 1 aromatic carbocycles. The fourth-order valence-corrected chi connectivity index (χ4v) is 2.30. The van der Waals surface area contributed by atoms with Gasteiger partial charge in [-0.15, -0.1) is 0 Å². The number of rotatable bonds is 3. The maximum absolute atomic E-state index is 12.2. The Bertz CT molecular complexity index is 720. The van der Waals surface area contributed by atoms with Gasteiger partial charge in [0.1, 0.15) is 11.6 Å². The minimum absolute atomic E-state index is 0.0396. The van der Waals surface area contributed by atoms with E-state index in [1.165, 1.54) is 0 Å². The quantitative estimate of drug-likeness (QED) is 0.883. The van der Waals surface area contributed by atoms with E-state index in [9.17, 15) is 9.59 Å². The minimum atomic E-state index is -1.04. The summed E-state index contributed by atoms with van der Waals surface area (Å²) in [6.07, 6.45) is 1.73. The van der Waals surface area contributed by atoms with E-state index < -0.39 is 12.6 Å². The average Bonchev–Trinajstić information content (AvgIpc) is 2.84. The zero-order chi connectivity index (χ0) is 13.4. The number of hydrogen-bond donors (Lipinski definition) is 1. The highest BCUT2D eigenvalue weighted by molar-refractivity contribution is 5.79. The van der Waals surface area contributed by atoms with Crippen molar-refractivity contribution in [2.75, 3.05) is 6.61 Å². The van der Waals surface area contributed by atoms with Gasteiger partial charge in [-0.25, -0.2) is 9.78 Å². The lowest BCUT2D eigenvalue weighted by atomic mass is 10.2. The van der Waals surface area contributed by atoms with Gasteiger partial charge < -0.3 is 9.84 Å². The van der Waals surface area contributed by atoms with Gasteiger partial charge in [-0.05, 0) is 18.6 Å². The maximum Gasteiger partial charge on any atom is 0.341 e. The zero-order valence-corrected chi connectivity index (χ0v) is 10.1. The highest BCUT2D eigenvalue weighted by Crippen LogP contribution is 2.19. The van der Waals surface area contributed by atoms with E-state index in [0.29, 0.717) is 23.2 Å². The van der Waals surface area contributed by atoms with E-state index in [1.807, 2.05) is 0 Å². The molecule has 3 rings (SSSR count). The number of carbonyl (C=O) groups is 1. The predicted molar refractivity (Wildman–Crippen MR) is 67.5 cm³/mol. The molecule has 0 saturated heterocycles. The first-order valence-corrected chi connectivity index (χ1v) is 6.03. The van der Waals surface area contributed by atoms with Crippen molar-refractivity contribution in [3.8, 4) is 5.75 Å². The third-order valence-electron chi connectivity index (χ3n) is 3.15. The van der Waals surface area contributed by atoms with Crippen LogP contribution in [0.1, 0.15) is 12.2 Å². The van der Waals surface area contributed by atoms with Crippen LogP contribution in [0.3, 0.4) is 0 Å². The number of fused-ring (bicyclic) bond motifs is 2. The Kier molecular flexibility index (Phi) is 2.70. The molecular weight excluding hydrogens is 248 g/mol. The molecule has 0 atom stereocenters. The van der Waals surface area contributed by atoms with Crippen LogP contribution >= 0.6 is 0 Å². The lowest BCUT2D eigenvalue weighted by molar-refractivity contribution is -0.139. The molecule has 0 aliphatic carbocycles. The molecule has 2 heterocycles. The van der Waals surface area contributed by atoms with Crippen LogP contribution < -0.4 is 10.3 Å². The number of nitrogens with zero attached hydrogens (tertiary/aromatic N) is 2. The van der Waals surface area contributed by atoms with Crippen molar-refractivity contribution in [2.24, 2.45) is 0 Å². The van der Waals surface area contributed by atoms with Gasteiger partial charge in [0.25, 0.3) is 5.56 Å². The summed E-state index contributed by atoms with van der Waals surface area (Å²) < 4.78 is 6.78. The average molecular weight is 260 g/mol. The molecule has 0 amide bonds. The summed E-state index contributed by atoms with van der Waals surface area (Å²) >= 11 is 0. The zero-order valence-electron chi connectivity index (χ0n) is 10.1. The lowest BCUT2D eigenvalue weighted by Gasteiger charge is -2.07. The van der Waals surface area contributed by atoms with Crippen molar-refractivity contribution in [3.05, 3.63) is 34.4 Å². The van der Waals surface area contributed by atoms with Gasteiger partial charge in [-0.2, -0.15) is 0 Å². The number of hydrogen-bond acceptors (Lipinski definition) is 4. The van der Waals surface area contributed by atoms with Gasteiger partial charge in [0, 0.05) is 19.0 Å². The van der Waals surface area contributed by atoms with Crippen molar-refractivity contribution in [1.29, 1.82) is 0 Å². The van der Waals surface area contributed by atoms with Crippen molar-refractivity contribution in [2.45, 2.75) is 19.4 Å². The third-order valence-corrected chi connectivity index (χ3v) is 3.15. The molecule has 1 aromatic heterocycles. The van der Waals surface area contributed by atoms with E-state index in [1.54, 1.807) is 22.8 Å². The molecule has 98 valence electrons. The molecule has 0 saturated carbocycles. The first-order valence-electron chi connectivity index (χ1n) is 6.03. The smallest absolute Gasteiger partial charge is 0.341 e. The summed E-state index contributed by atoms with van der Waals surface area (Å²) in [4.78, 5) is 27.1. The molecule has 1 aliphatic heterocycles. The Morgan fingerprint density at radius 2 is 2.32 bits per heavy atom. The van der Waals surface area contributed by atoms with Gasteiger partial charge in [0.2, 0.25) is 0 Å². The normalized spacial score (nSPS) is 13.5. The molecule has 2 aromatic rings. The minimum Gasteiger partial charge on any atom is -0.482 e. The van der Waals surface area contributed by atoms with Crippen LogP contribution in [-0.2, 0) is 17.8 Å². The molecule has 1 N–H and O–H groups in total. The van der Waals surface area contributed by atoms with Crippen LogP contribution in [0.2, 0.25) is 0 Å². The molecule has 6 nitrogen and oxygen atoms in total. The fraction of sp³-hybridized carbons (Fsp3) is 0.308. The van der Waals surface area contributed by atoms with Gasteiger partial charge in [0.05, 0.1) is 10.9 Å². The molecule has 1 aliphatic rings. The van der Waals surface area contributed by atoms with Crippen LogP contribution in [0.15, 0.2) is 23.0 Å². The maximum atomic E-state index is 12.2. The van der Waals surface area contributed by atoms with Gasteiger partial charge in [-0.3, -0.25) is 9.36 Å². The van der Waals surface area contributed by atoms with Crippen molar-refractivity contribution in [1.82, 2.24) is 9.55 Å². The van der Waals surface area contributed by atoms with Crippen LogP contribution in [0.25, 0.3) is 10.9 Å². The number of aryl methyl sites for hydroxylation is 1. The van der Waals surface area contributed by atoms with E-state index >= 15 is 0 Å². The second-order valence-electron chi connectivity index (χ2n) is 4.45. The van der Waals surface area contributed by atoms with Gasteiger partial charge in [-0.1, -0.05) is 0 Å². The molecule has 0 radical (unpaired) electrons. The molecule has 0 spiro atoms. The largest absolute Gasteiger partial charge is 0.482 e. The van der Waals surface area contributed by atoms with Crippen LogP contribution in [-0.4, -0.2) is 27.2 Å². The summed E-state index contributed by atoms with van der Waals surface area (Å²) in [6.45, 7) is 0.309. The molecular formula is C13H12N2O4. The molecule has 0 fully saturated rings. The second kappa shape index (κ2) is 4.38. The van der Waals surface area contributed by atoms with Crippen molar-refractivity contribution in [3.63, 3.8) is 0 Å². The fourth-order valence-electron chi connectivity index (χ4n) is 2.30. The van der Waals surface area contributed by atoms with E-state index in [4.69, 9.17) is 9.84 Å².